The summed E-state index contributed by atoms with van der Waals surface area (Å²) in [6.45, 7) is 0. The first-order valence-electron chi connectivity index (χ1n) is 8.74. The largest absolute Gasteiger partial charge is 0.494 e. The molecule has 1 aliphatic rings. The zero-order valence-corrected chi connectivity index (χ0v) is 14.7. The molecule has 0 atom stereocenters. The lowest BCUT2D eigenvalue weighted by atomic mass is 10.1. The number of nitrogens with zero attached hydrogens (tertiary/aromatic N) is 1. The number of rotatable bonds is 6. The second-order valence-electron chi connectivity index (χ2n) is 6.25. The number of ether oxygens (including phenoxy) is 1. The molecule has 3 aromatic rings. The maximum absolute atomic E-state index is 5.49. The number of H-pyrrole nitrogens is 2. The number of hydrogen-bond donors (Lipinski definition) is 2. The zero-order chi connectivity index (χ0) is 17.8. The molecule has 0 unspecified atom stereocenters. The summed E-state index contributed by atoms with van der Waals surface area (Å²) in [6, 6.07) is 18.7. The van der Waals surface area contributed by atoms with Gasteiger partial charge in [-0.25, -0.2) is 4.99 Å². The summed E-state index contributed by atoms with van der Waals surface area (Å²) in [4.78, 5) is 11.3. The smallest absolute Gasteiger partial charge is 0.146 e. The summed E-state index contributed by atoms with van der Waals surface area (Å²) in [5, 5.41) is 0. The third kappa shape index (κ3) is 3.54. The van der Waals surface area contributed by atoms with Gasteiger partial charge >= 0.3 is 0 Å². The molecule has 0 amide bonds. The number of aryl methyl sites for hydroxylation is 2. The van der Waals surface area contributed by atoms with Crippen molar-refractivity contribution in [3.63, 3.8) is 0 Å². The number of hydrogen-bond acceptors (Lipinski definition) is 2. The standard InChI is InChI=1S/C22H21N3O/c1-26-22-15-20(19-8-5-13-23-19)25-21(22)14-18-12-11-17(24-18)10-9-16-6-3-2-4-7-16/h2-8,11-15,23-24H,9-10H2,1H3. The van der Waals surface area contributed by atoms with Crippen molar-refractivity contribution in [1.82, 2.24) is 9.97 Å². The number of nitrogens with one attached hydrogen (secondary N) is 2. The Balaban J connectivity index is 1.50. The maximum Gasteiger partial charge on any atom is 0.146 e. The van der Waals surface area contributed by atoms with Crippen molar-refractivity contribution in [2.24, 2.45) is 4.99 Å². The van der Waals surface area contributed by atoms with E-state index in [1.165, 1.54) is 11.3 Å². The molecule has 0 bridgehead atoms. The Labute approximate surface area is 153 Å². The van der Waals surface area contributed by atoms with Crippen LogP contribution in [-0.4, -0.2) is 22.8 Å². The summed E-state index contributed by atoms with van der Waals surface area (Å²) in [5.74, 6) is 0.773. The zero-order valence-electron chi connectivity index (χ0n) is 14.7. The predicted molar refractivity (Wildman–Crippen MR) is 105 cm³/mol. The minimum Gasteiger partial charge on any atom is -0.494 e. The molecule has 4 rings (SSSR count). The van der Waals surface area contributed by atoms with E-state index >= 15 is 0 Å². The third-order valence-electron chi connectivity index (χ3n) is 4.44. The highest BCUT2D eigenvalue weighted by Gasteiger charge is 2.17. The summed E-state index contributed by atoms with van der Waals surface area (Å²) >= 11 is 0. The van der Waals surface area contributed by atoms with Crippen LogP contribution in [0.4, 0.5) is 0 Å². The Hall–Kier alpha value is -3.27. The minimum absolute atomic E-state index is 0.773. The molecule has 2 N–H and O–H groups in total. The van der Waals surface area contributed by atoms with Crippen LogP contribution in [0.1, 0.15) is 22.6 Å². The van der Waals surface area contributed by atoms with Crippen LogP contribution in [0.2, 0.25) is 0 Å². The van der Waals surface area contributed by atoms with E-state index in [1.54, 1.807) is 7.11 Å². The van der Waals surface area contributed by atoms with Gasteiger partial charge in [0.2, 0.25) is 0 Å². The van der Waals surface area contributed by atoms with Gasteiger partial charge in [-0.3, -0.25) is 0 Å². The minimum atomic E-state index is 0.773. The van der Waals surface area contributed by atoms with Crippen LogP contribution in [0.5, 0.6) is 0 Å². The van der Waals surface area contributed by atoms with Crippen molar-refractivity contribution < 1.29 is 4.74 Å². The van der Waals surface area contributed by atoms with Crippen molar-refractivity contribution in [2.75, 3.05) is 7.11 Å². The fourth-order valence-corrected chi connectivity index (χ4v) is 3.07. The molecule has 1 aromatic carbocycles. The molecule has 0 radical (unpaired) electrons. The highest BCUT2D eigenvalue weighted by molar-refractivity contribution is 6.11. The van der Waals surface area contributed by atoms with Gasteiger partial charge in [0, 0.05) is 23.7 Å². The van der Waals surface area contributed by atoms with E-state index in [2.05, 4.69) is 51.4 Å². The number of allylic oxidation sites excluding steroid dienone is 1. The Morgan fingerprint density at radius 1 is 1.00 bits per heavy atom. The van der Waals surface area contributed by atoms with E-state index in [-0.39, 0.29) is 0 Å². The lowest BCUT2D eigenvalue weighted by Crippen LogP contribution is -1.93. The van der Waals surface area contributed by atoms with Crippen LogP contribution in [0, 0.1) is 0 Å². The topological polar surface area (TPSA) is 53.2 Å². The predicted octanol–water partition coefficient (Wildman–Crippen LogP) is 4.50. The highest BCUT2D eigenvalue weighted by atomic mass is 16.5. The van der Waals surface area contributed by atoms with E-state index in [4.69, 9.17) is 4.74 Å². The van der Waals surface area contributed by atoms with E-state index in [9.17, 15) is 0 Å². The lowest BCUT2D eigenvalue weighted by molar-refractivity contribution is 0.303. The van der Waals surface area contributed by atoms with Gasteiger partial charge in [0.15, 0.2) is 0 Å². The van der Waals surface area contributed by atoms with Gasteiger partial charge in [0.25, 0.3) is 0 Å². The van der Waals surface area contributed by atoms with Gasteiger partial charge in [0.1, 0.15) is 11.5 Å². The molecule has 0 aliphatic carbocycles. The van der Waals surface area contributed by atoms with Crippen LogP contribution in [0.3, 0.4) is 0 Å². The Bertz CT molecular complexity index is 960. The summed E-state index contributed by atoms with van der Waals surface area (Å²) < 4.78 is 5.49. The van der Waals surface area contributed by atoms with Crippen LogP contribution in [0.25, 0.3) is 6.08 Å². The quantitative estimate of drug-likeness (QED) is 0.680. The average Bonchev–Trinajstić information content (AvgIpc) is 3.42. The number of benzene rings is 1. The fraction of sp³-hybridized carbons (Fsp3) is 0.136. The highest BCUT2D eigenvalue weighted by Crippen LogP contribution is 2.24. The van der Waals surface area contributed by atoms with Gasteiger partial charge in [0.05, 0.1) is 18.5 Å². The number of aromatic nitrogens is 2. The van der Waals surface area contributed by atoms with E-state index < -0.39 is 0 Å². The van der Waals surface area contributed by atoms with Gasteiger partial charge in [-0.2, -0.15) is 0 Å². The lowest BCUT2D eigenvalue weighted by Gasteiger charge is -2.01. The van der Waals surface area contributed by atoms with E-state index in [0.29, 0.717) is 0 Å². The normalized spacial score (nSPS) is 15.2. The van der Waals surface area contributed by atoms with Gasteiger partial charge in [-0.1, -0.05) is 30.3 Å². The van der Waals surface area contributed by atoms with Crippen LogP contribution < -0.4 is 0 Å². The second kappa shape index (κ2) is 7.31. The first-order valence-corrected chi connectivity index (χ1v) is 8.74. The van der Waals surface area contributed by atoms with Crippen LogP contribution >= 0.6 is 0 Å². The SMILES string of the molecule is COC1=CC(c2ccc[nH]2)=NC1=Cc1ccc(CCc2ccccc2)[nH]1. The van der Waals surface area contributed by atoms with Gasteiger partial charge < -0.3 is 14.7 Å². The molecule has 0 saturated carbocycles. The molecule has 1 aliphatic heterocycles. The summed E-state index contributed by atoms with van der Waals surface area (Å²) in [7, 11) is 1.67. The summed E-state index contributed by atoms with van der Waals surface area (Å²) in [5.41, 5.74) is 6.29. The maximum atomic E-state index is 5.49. The van der Waals surface area contributed by atoms with Crippen molar-refractivity contribution in [1.29, 1.82) is 0 Å². The van der Waals surface area contributed by atoms with E-state index in [0.717, 1.165) is 41.4 Å². The first kappa shape index (κ1) is 16.2. The molecule has 26 heavy (non-hydrogen) atoms. The van der Waals surface area contributed by atoms with Gasteiger partial charge in [-0.15, -0.1) is 0 Å². The molecule has 4 nitrogen and oxygen atoms in total. The number of aromatic amines is 2. The molecule has 2 aromatic heterocycles. The van der Waals surface area contributed by atoms with Crippen molar-refractivity contribution in [2.45, 2.75) is 12.8 Å². The Kier molecular flexibility index (Phi) is 4.56. The first-order chi connectivity index (χ1) is 12.8. The van der Waals surface area contributed by atoms with Crippen LogP contribution in [0.15, 0.2) is 83.3 Å². The molecule has 0 saturated heterocycles. The molecule has 0 spiro atoms. The molecule has 3 heterocycles. The molecule has 0 fully saturated rings. The van der Waals surface area contributed by atoms with Crippen molar-refractivity contribution in [3.05, 3.63) is 101 Å². The monoisotopic (exact) mass is 343 g/mol. The molecule has 4 heteroatoms. The number of aliphatic imine (C=N–C) groups is 1. The number of methoxy groups -OCH3 is 1. The van der Waals surface area contributed by atoms with Gasteiger partial charge in [-0.05, 0) is 48.7 Å². The Morgan fingerprint density at radius 3 is 2.65 bits per heavy atom. The fourth-order valence-electron chi connectivity index (χ4n) is 3.07. The molecular weight excluding hydrogens is 322 g/mol. The third-order valence-corrected chi connectivity index (χ3v) is 4.44. The average molecular weight is 343 g/mol. The second-order valence-corrected chi connectivity index (χ2v) is 6.25. The van der Waals surface area contributed by atoms with Crippen LogP contribution in [-0.2, 0) is 17.6 Å². The van der Waals surface area contributed by atoms with Crippen molar-refractivity contribution in [3.8, 4) is 0 Å². The van der Waals surface area contributed by atoms with E-state index in [1.807, 2.05) is 36.5 Å². The Morgan fingerprint density at radius 2 is 1.88 bits per heavy atom. The molecular formula is C22H21N3O. The molecule has 130 valence electrons. The van der Waals surface area contributed by atoms with Crippen molar-refractivity contribution >= 4 is 11.8 Å². The summed E-state index contributed by atoms with van der Waals surface area (Å²) in [6.07, 6.45) is 7.88.